The number of hydrogen-bond acceptors (Lipinski definition) is 3. The highest BCUT2D eigenvalue weighted by Gasteiger charge is 2.14. The van der Waals surface area contributed by atoms with Crippen molar-refractivity contribution in [2.24, 2.45) is 0 Å². The zero-order valence-corrected chi connectivity index (χ0v) is 11.6. The molecule has 21 heavy (non-hydrogen) atoms. The van der Waals surface area contributed by atoms with Crippen LogP contribution in [-0.4, -0.2) is 9.97 Å². The fourth-order valence-corrected chi connectivity index (χ4v) is 2.27. The predicted molar refractivity (Wildman–Crippen MR) is 82.4 cm³/mol. The molecule has 0 amide bonds. The van der Waals surface area contributed by atoms with Crippen LogP contribution in [0.3, 0.4) is 0 Å². The quantitative estimate of drug-likeness (QED) is 0.708. The first-order valence-corrected chi connectivity index (χ1v) is 6.67. The molecule has 100 valence electrons. The van der Waals surface area contributed by atoms with Gasteiger partial charge in [0.2, 0.25) is 0 Å². The molecule has 3 nitrogen and oxygen atoms in total. The standard InChI is InChI=1S/C18H13N3/c1-13-11-20-18(21-12-13)17-15(10-19)8-5-9-16(17)14-6-3-2-4-7-14/h2-9,11-12H,1H3. The molecule has 0 aliphatic rings. The van der Waals surface area contributed by atoms with Gasteiger partial charge in [0.15, 0.2) is 5.82 Å². The van der Waals surface area contributed by atoms with Gasteiger partial charge >= 0.3 is 0 Å². The lowest BCUT2D eigenvalue weighted by Gasteiger charge is -2.10. The van der Waals surface area contributed by atoms with E-state index in [4.69, 9.17) is 0 Å². The molecule has 0 spiro atoms. The second kappa shape index (κ2) is 5.56. The Bertz CT molecular complexity index is 800. The van der Waals surface area contributed by atoms with Gasteiger partial charge < -0.3 is 0 Å². The SMILES string of the molecule is Cc1cnc(-c2c(C#N)cccc2-c2ccccc2)nc1. The topological polar surface area (TPSA) is 49.6 Å². The highest BCUT2D eigenvalue weighted by Crippen LogP contribution is 2.32. The summed E-state index contributed by atoms with van der Waals surface area (Å²) < 4.78 is 0. The molecule has 3 rings (SSSR count). The van der Waals surface area contributed by atoms with Crippen LogP contribution in [0.5, 0.6) is 0 Å². The minimum Gasteiger partial charge on any atom is -0.236 e. The highest BCUT2D eigenvalue weighted by molar-refractivity contribution is 5.84. The van der Waals surface area contributed by atoms with Gasteiger partial charge in [-0.2, -0.15) is 5.26 Å². The molecule has 1 heterocycles. The van der Waals surface area contributed by atoms with Gasteiger partial charge in [0.05, 0.1) is 11.6 Å². The molecule has 0 N–H and O–H groups in total. The first-order chi connectivity index (χ1) is 10.3. The Labute approximate surface area is 123 Å². The lowest BCUT2D eigenvalue weighted by Crippen LogP contribution is -1.95. The van der Waals surface area contributed by atoms with Gasteiger partial charge in [-0.25, -0.2) is 9.97 Å². The zero-order valence-electron chi connectivity index (χ0n) is 11.6. The summed E-state index contributed by atoms with van der Waals surface area (Å²) >= 11 is 0. The maximum absolute atomic E-state index is 9.40. The van der Waals surface area contributed by atoms with Crippen molar-refractivity contribution >= 4 is 0 Å². The molecule has 1 aromatic heterocycles. The van der Waals surface area contributed by atoms with Gasteiger partial charge in [-0.3, -0.25) is 0 Å². The third kappa shape index (κ3) is 2.52. The monoisotopic (exact) mass is 271 g/mol. The number of aromatic nitrogens is 2. The van der Waals surface area contributed by atoms with Gasteiger partial charge in [0.25, 0.3) is 0 Å². The molecule has 0 bridgehead atoms. The fourth-order valence-electron chi connectivity index (χ4n) is 2.27. The van der Waals surface area contributed by atoms with E-state index in [1.54, 1.807) is 18.5 Å². The molecule has 0 aliphatic carbocycles. The van der Waals surface area contributed by atoms with E-state index in [1.165, 1.54) is 0 Å². The van der Waals surface area contributed by atoms with Crippen molar-refractivity contribution in [1.82, 2.24) is 9.97 Å². The summed E-state index contributed by atoms with van der Waals surface area (Å²) in [6.07, 6.45) is 3.54. The van der Waals surface area contributed by atoms with Gasteiger partial charge in [0, 0.05) is 18.0 Å². The minimum atomic E-state index is 0.580. The highest BCUT2D eigenvalue weighted by atomic mass is 14.9. The van der Waals surface area contributed by atoms with Crippen LogP contribution in [0.25, 0.3) is 22.5 Å². The van der Waals surface area contributed by atoms with E-state index in [0.29, 0.717) is 11.4 Å². The summed E-state index contributed by atoms with van der Waals surface area (Å²) in [4.78, 5) is 8.76. The lowest BCUT2D eigenvalue weighted by atomic mass is 9.95. The van der Waals surface area contributed by atoms with E-state index in [-0.39, 0.29) is 0 Å². The number of benzene rings is 2. The molecule has 2 aromatic carbocycles. The van der Waals surface area contributed by atoms with E-state index in [0.717, 1.165) is 22.3 Å². The molecular weight excluding hydrogens is 258 g/mol. The van der Waals surface area contributed by atoms with Crippen molar-refractivity contribution in [3.8, 4) is 28.6 Å². The number of nitrogens with zero attached hydrogens (tertiary/aromatic N) is 3. The number of aryl methyl sites for hydroxylation is 1. The van der Waals surface area contributed by atoms with E-state index in [9.17, 15) is 5.26 Å². The second-order valence-corrected chi connectivity index (χ2v) is 4.79. The number of hydrogen-bond donors (Lipinski definition) is 0. The molecule has 3 heteroatoms. The van der Waals surface area contributed by atoms with Crippen molar-refractivity contribution < 1.29 is 0 Å². The maximum atomic E-state index is 9.40. The van der Waals surface area contributed by atoms with E-state index in [1.807, 2.05) is 49.4 Å². The molecule has 0 radical (unpaired) electrons. The summed E-state index contributed by atoms with van der Waals surface area (Å²) in [5.74, 6) is 0.580. The molecule has 0 aliphatic heterocycles. The van der Waals surface area contributed by atoms with Crippen molar-refractivity contribution in [2.45, 2.75) is 6.92 Å². The predicted octanol–water partition coefficient (Wildman–Crippen LogP) is 3.99. The van der Waals surface area contributed by atoms with Gasteiger partial charge in [-0.1, -0.05) is 42.5 Å². The Morgan fingerprint density at radius 2 is 1.62 bits per heavy atom. The molecular formula is C18H13N3. The zero-order chi connectivity index (χ0) is 14.7. The van der Waals surface area contributed by atoms with Crippen molar-refractivity contribution in [3.63, 3.8) is 0 Å². The summed E-state index contributed by atoms with van der Waals surface area (Å²) in [6, 6.07) is 17.9. The number of nitriles is 1. The van der Waals surface area contributed by atoms with Crippen LogP contribution in [0.1, 0.15) is 11.1 Å². The molecule has 3 aromatic rings. The summed E-state index contributed by atoms with van der Waals surface area (Å²) in [5.41, 5.74) is 4.38. The average Bonchev–Trinajstić information content (AvgIpc) is 2.56. The Kier molecular flexibility index (Phi) is 3.44. The third-order valence-electron chi connectivity index (χ3n) is 3.27. The maximum Gasteiger partial charge on any atom is 0.161 e. The van der Waals surface area contributed by atoms with Crippen LogP contribution >= 0.6 is 0 Å². The van der Waals surface area contributed by atoms with E-state index in [2.05, 4.69) is 16.0 Å². The van der Waals surface area contributed by atoms with Crippen LogP contribution < -0.4 is 0 Å². The van der Waals surface area contributed by atoms with E-state index < -0.39 is 0 Å². The van der Waals surface area contributed by atoms with Crippen molar-refractivity contribution in [3.05, 3.63) is 72.1 Å². The Morgan fingerprint density at radius 3 is 2.29 bits per heavy atom. The molecule has 0 atom stereocenters. The van der Waals surface area contributed by atoms with Crippen molar-refractivity contribution in [1.29, 1.82) is 5.26 Å². The summed E-state index contributed by atoms with van der Waals surface area (Å²) in [5, 5.41) is 9.40. The van der Waals surface area contributed by atoms with Gasteiger partial charge in [-0.05, 0) is 29.7 Å². The Morgan fingerprint density at radius 1 is 0.905 bits per heavy atom. The average molecular weight is 271 g/mol. The number of rotatable bonds is 2. The lowest BCUT2D eigenvalue weighted by molar-refractivity contribution is 1.14. The van der Waals surface area contributed by atoms with Crippen LogP contribution in [-0.2, 0) is 0 Å². The Hall–Kier alpha value is -2.99. The van der Waals surface area contributed by atoms with Crippen LogP contribution in [0.15, 0.2) is 60.9 Å². The summed E-state index contributed by atoms with van der Waals surface area (Å²) in [7, 11) is 0. The second-order valence-electron chi connectivity index (χ2n) is 4.79. The third-order valence-corrected chi connectivity index (χ3v) is 3.27. The molecule has 0 saturated carbocycles. The molecule has 0 fully saturated rings. The molecule has 0 unspecified atom stereocenters. The van der Waals surface area contributed by atoms with Crippen molar-refractivity contribution in [2.75, 3.05) is 0 Å². The fraction of sp³-hybridized carbons (Fsp3) is 0.0556. The van der Waals surface area contributed by atoms with Gasteiger partial charge in [-0.15, -0.1) is 0 Å². The first kappa shape index (κ1) is 13.0. The van der Waals surface area contributed by atoms with Crippen LogP contribution in [0.2, 0.25) is 0 Å². The first-order valence-electron chi connectivity index (χ1n) is 6.67. The minimum absolute atomic E-state index is 0.580. The molecule has 0 saturated heterocycles. The van der Waals surface area contributed by atoms with Gasteiger partial charge in [0.1, 0.15) is 0 Å². The van der Waals surface area contributed by atoms with Crippen LogP contribution in [0.4, 0.5) is 0 Å². The smallest absolute Gasteiger partial charge is 0.161 e. The van der Waals surface area contributed by atoms with E-state index >= 15 is 0 Å². The Balaban J connectivity index is 2.27. The normalized spacial score (nSPS) is 10.1. The summed E-state index contributed by atoms with van der Waals surface area (Å²) in [6.45, 7) is 1.94. The largest absolute Gasteiger partial charge is 0.236 e. The van der Waals surface area contributed by atoms with Crippen LogP contribution in [0, 0.1) is 18.3 Å².